The lowest BCUT2D eigenvalue weighted by Crippen LogP contribution is -2.47. The summed E-state index contributed by atoms with van der Waals surface area (Å²) in [5, 5.41) is 3.68. The quantitative estimate of drug-likeness (QED) is 0.884. The molecule has 2 aromatic rings. The van der Waals surface area contributed by atoms with Gasteiger partial charge in [0.1, 0.15) is 0 Å². The molecule has 1 saturated carbocycles. The van der Waals surface area contributed by atoms with Gasteiger partial charge in [0, 0.05) is 17.6 Å². The van der Waals surface area contributed by atoms with Gasteiger partial charge in [0.25, 0.3) is 0 Å². The third kappa shape index (κ3) is 2.83. The van der Waals surface area contributed by atoms with Crippen LogP contribution in [0.15, 0.2) is 54.6 Å². The zero-order chi connectivity index (χ0) is 14.7. The fourth-order valence-corrected chi connectivity index (χ4v) is 2.96. The molecule has 21 heavy (non-hydrogen) atoms. The summed E-state index contributed by atoms with van der Waals surface area (Å²) in [6, 6.07) is 18.1. The molecule has 0 saturated heterocycles. The minimum absolute atomic E-state index is 0.0873. The molecule has 0 spiro atoms. The molecular formula is C18H20N2O. The highest BCUT2D eigenvalue weighted by Gasteiger charge is 2.37. The second-order valence-electron chi connectivity index (χ2n) is 5.72. The number of hydrogen-bond acceptors (Lipinski definition) is 2. The minimum atomic E-state index is -0.377. The molecule has 3 N–H and O–H groups in total. The Labute approximate surface area is 125 Å². The Morgan fingerprint density at radius 3 is 2.48 bits per heavy atom. The molecular weight excluding hydrogens is 260 g/mol. The van der Waals surface area contributed by atoms with E-state index in [4.69, 9.17) is 5.73 Å². The predicted molar refractivity (Wildman–Crippen MR) is 83.8 cm³/mol. The lowest BCUT2D eigenvalue weighted by molar-refractivity contribution is 0.1000. The maximum absolute atomic E-state index is 11.2. The third-order valence-electron chi connectivity index (χ3n) is 4.38. The molecule has 0 heterocycles. The van der Waals surface area contributed by atoms with Gasteiger partial charge in [-0.15, -0.1) is 0 Å². The Hall–Kier alpha value is -2.13. The van der Waals surface area contributed by atoms with Crippen molar-refractivity contribution in [3.63, 3.8) is 0 Å². The molecule has 0 unspecified atom stereocenters. The van der Waals surface area contributed by atoms with Crippen LogP contribution in [0.5, 0.6) is 0 Å². The van der Waals surface area contributed by atoms with E-state index in [1.807, 2.05) is 24.3 Å². The van der Waals surface area contributed by atoms with Crippen LogP contribution in [0.25, 0.3) is 0 Å². The van der Waals surface area contributed by atoms with Crippen LogP contribution in [0.1, 0.15) is 40.7 Å². The highest BCUT2D eigenvalue weighted by atomic mass is 16.1. The van der Waals surface area contributed by atoms with Crippen LogP contribution in [0, 0.1) is 0 Å². The topological polar surface area (TPSA) is 55.1 Å². The van der Waals surface area contributed by atoms with Crippen molar-refractivity contribution in [1.82, 2.24) is 5.32 Å². The lowest BCUT2D eigenvalue weighted by Gasteiger charge is -2.43. The number of benzene rings is 2. The van der Waals surface area contributed by atoms with Crippen molar-refractivity contribution >= 4 is 5.91 Å². The van der Waals surface area contributed by atoms with Gasteiger partial charge in [-0.2, -0.15) is 0 Å². The number of nitrogens with one attached hydrogen (secondary N) is 1. The van der Waals surface area contributed by atoms with Gasteiger partial charge in [-0.05, 0) is 42.5 Å². The highest BCUT2D eigenvalue weighted by Crippen LogP contribution is 2.41. The Balaban J connectivity index is 1.74. The number of carbonyl (C=O) groups excluding carboxylic acids is 1. The number of nitrogens with two attached hydrogens (primary N) is 1. The summed E-state index contributed by atoms with van der Waals surface area (Å²) in [6.07, 6.45) is 3.57. The van der Waals surface area contributed by atoms with Crippen molar-refractivity contribution < 1.29 is 4.79 Å². The summed E-state index contributed by atoms with van der Waals surface area (Å²) >= 11 is 0. The summed E-state index contributed by atoms with van der Waals surface area (Å²) in [7, 11) is 0. The average Bonchev–Trinajstić information content (AvgIpc) is 2.47. The van der Waals surface area contributed by atoms with E-state index in [0.717, 1.165) is 24.9 Å². The number of amides is 1. The number of rotatable bonds is 5. The van der Waals surface area contributed by atoms with Crippen LogP contribution in [0.3, 0.4) is 0 Å². The van der Waals surface area contributed by atoms with E-state index in [2.05, 4.69) is 29.6 Å². The second-order valence-corrected chi connectivity index (χ2v) is 5.72. The maximum Gasteiger partial charge on any atom is 0.248 e. The molecule has 3 nitrogen and oxygen atoms in total. The third-order valence-corrected chi connectivity index (χ3v) is 4.38. The summed E-state index contributed by atoms with van der Waals surface area (Å²) in [4.78, 5) is 11.2. The van der Waals surface area contributed by atoms with Gasteiger partial charge in [0.2, 0.25) is 5.91 Å². The van der Waals surface area contributed by atoms with Gasteiger partial charge in [0.15, 0.2) is 0 Å². The summed E-state index contributed by atoms with van der Waals surface area (Å²) in [5.74, 6) is -0.377. The molecule has 3 heteroatoms. The van der Waals surface area contributed by atoms with Crippen LogP contribution in [-0.4, -0.2) is 5.91 Å². The first-order valence-corrected chi connectivity index (χ1v) is 7.39. The number of carbonyl (C=O) groups is 1. The van der Waals surface area contributed by atoms with Crippen molar-refractivity contribution in [3.05, 3.63) is 71.3 Å². The fraction of sp³-hybridized carbons (Fsp3) is 0.278. The normalized spacial score (nSPS) is 16.2. The molecule has 0 atom stereocenters. The van der Waals surface area contributed by atoms with Crippen molar-refractivity contribution in [2.75, 3.05) is 0 Å². The van der Waals surface area contributed by atoms with E-state index < -0.39 is 0 Å². The van der Waals surface area contributed by atoms with Crippen molar-refractivity contribution in [1.29, 1.82) is 0 Å². The first-order chi connectivity index (χ1) is 10.2. The number of hydrogen-bond donors (Lipinski definition) is 2. The van der Waals surface area contributed by atoms with Crippen LogP contribution in [0.2, 0.25) is 0 Å². The molecule has 1 aliphatic rings. The van der Waals surface area contributed by atoms with E-state index in [1.165, 1.54) is 12.0 Å². The molecule has 108 valence electrons. The molecule has 0 aliphatic heterocycles. The van der Waals surface area contributed by atoms with Crippen LogP contribution in [0.4, 0.5) is 0 Å². The average molecular weight is 280 g/mol. The van der Waals surface area contributed by atoms with Crippen LogP contribution < -0.4 is 11.1 Å². The molecule has 1 aliphatic carbocycles. The Bertz CT molecular complexity index is 633. The lowest BCUT2D eigenvalue weighted by atomic mass is 9.71. The molecule has 0 bridgehead atoms. The highest BCUT2D eigenvalue weighted by molar-refractivity contribution is 5.92. The van der Waals surface area contributed by atoms with E-state index in [1.54, 1.807) is 6.07 Å². The Kier molecular flexibility index (Phi) is 3.76. The number of primary amides is 1. The Morgan fingerprint density at radius 1 is 1.10 bits per heavy atom. The molecule has 1 fully saturated rings. The second kappa shape index (κ2) is 5.70. The summed E-state index contributed by atoms with van der Waals surface area (Å²) in [6.45, 7) is 0.746. The first-order valence-electron chi connectivity index (χ1n) is 7.39. The maximum atomic E-state index is 11.2. The van der Waals surface area contributed by atoms with Crippen molar-refractivity contribution in [2.24, 2.45) is 5.73 Å². The van der Waals surface area contributed by atoms with Crippen LogP contribution in [-0.2, 0) is 12.1 Å². The monoisotopic (exact) mass is 280 g/mol. The van der Waals surface area contributed by atoms with Crippen LogP contribution >= 0.6 is 0 Å². The first kappa shape index (κ1) is 13.8. The van der Waals surface area contributed by atoms with E-state index in [0.29, 0.717) is 5.56 Å². The van der Waals surface area contributed by atoms with Gasteiger partial charge in [-0.25, -0.2) is 0 Å². The standard InChI is InChI=1S/C18H20N2O/c19-17(21)15-7-4-6-14(12-15)13-20-18(10-5-11-18)16-8-2-1-3-9-16/h1-4,6-9,12,20H,5,10-11,13H2,(H2,19,21). The van der Waals surface area contributed by atoms with Gasteiger partial charge >= 0.3 is 0 Å². The summed E-state index contributed by atoms with van der Waals surface area (Å²) in [5.41, 5.74) is 8.43. The fourth-order valence-electron chi connectivity index (χ4n) is 2.96. The minimum Gasteiger partial charge on any atom is -0.366 e. The zero-order valence-electron chi connectivity index (χ0n) is 12.0. The molecule has 3 rings (SSSR count). The van der Waals surface area contributed by atoms with Gasteiger partial charge in [-0.3, -0.25) is 4.79 Å². The molecule has 2 aromatic carbocycles. The Morgan fingerprint density at radius 2 is 1.86 bits per heavy atom. The van der Waals surface area contributed by atoms with Gasteiger partial charge in [-0.1, -0.05) is 42.5 Å². The molecule has 0 aromatic heterocycles. The van der Waals surface area contributed by atoms with E-state index in [-0.39, 0.29) is 11.4 Å². The zero-order valence-corrected chi connectivity index (χ0v) is 12.0. The largest absolute Gasteiger partial charge is 0.366 e. The predicted octanol–water partition coefficient (Wildman–Crippen LogP) is 2.95. The van der Waals surface area contributed by atoms with Crippen molar-refractivity contribution in [2.45, 2.75) is 31.3 Å². The van der Waals surface area contributed by atoms with E-state index in [9.17, 15) is 4.79 Å². The van der Waals surface area contributed by atoms with Gasteiger partial charge in [0.05, 0.1) is 0 Å². The smallest absolute Gasteiger partial charge is 0.248 e. The van der Waals surface area contributed by atoms with Crippen molar-refractivity contribution in [3.8, 4) is 0 Å². The van der Waals surface area contributed by atoms with Gasteiger partial charge < -0.3 is 11.1 Å². The SMILES string of the molecule is NC(=O)c1cccc(CNC2(c3ccccc3)CCC2)c1. The summed E-state index contributed by atoms with van der Waals surface area (Å²) < 4.78 is 0. The molecule has 1 amide bonds. The molecule has 0 radical (unpaired) electrons. The van der Waals surface area contributed by atoms with E-state index >= 15 is 0 Å².